The molecular weight excluding hydrogens is 178 g/mol. The molecule has 4 nitrogen and oxygen atoms in total. The van der Waals surface area contributed by atoms with Crippen LogP contribution in [0.4, 0.5) is 4.79 Å². The average molecular weight is 193 g/mol. The molecule has 76 valence electrons. The van der Waals surface area contributed by atoms with E-state index >= 15 is 0 Å². The Morgan fingerprint density at radius 2 is 2.29 bits per heavy atom. The molecule has 0 atom stereocenters. The number of hydrogen-bond acceptors (Lipinski definition) is 2. The molecule has 0 spiro atoms. The zero-order chi connectivity index (χ0) is 10.4. The van der Waals surface area contributed by atoms with Crippen LogP contribution in [0.15, 0.2) is 24.3 Å². The molecule has 0 unspecified atom stereocenters. The molecule has 0 aromatic heterocycles. The lowest BCUT2D eigenvalue weighted by Crippen LogP contribution is -2.40. The maximum atomic E-state index is 10.7. The largest absolute Gasteiger partial charge is 0.337 e. The zero-order valence-corrected chi connectivity index (χ0v) is 8.21. The smallest absolute Gasteiger partial charge is 0.328 e. The summed E-state index contributed by atoms with van der Waals surface area (Å²) in [6, 6.07) is 7.84. The third-order valence-electron chi connectivity index (χ3n) is 1.91. The van der Waals surface area contributed by atoms with E-state index in [4.69, 9.17) is 5.84 Å². The second kappa shape index (κ2) is 5.24. The van der Waals surface area contributed by atoms with Gasteiger partial charge >= 0.3 is 6.03 Å². The van der Waals surface area contributed by atoms with Gasteiger partial charge in [0, 0.05) is 6.54 Å². The number of amides is 2. The molecule has 1 aromatic carbocycles. The van der Waals surface area contributed by atoms with Crippen LogP contribution in [0.5, 0.6) is 0 Å². The lowest BCUT2D eigenvalue weighted by Gasteiger charge is -2.04. The van der Waals surface area contributed by atoms with Gasteiger partial charge in [0.05, 0.1) is 0 Å². The molecule has 0 bridgehead atoms. The second-order valence-electron chi connectivity index (χ2n) is 3.14. The summed E-state index contributed by atoms with van der Waals surface area (Å²) >= 11 is 0. The quantitative estimate of drug-likeness (QED) is 0.376. The predicted molar refractivity (Wildman–Crippen MR) is 55.6 cm³/mol. The predicted octanol–water partition coefficient (Wildman–Crippen LogP) is 0.710. The van der Waals surface area contributed by atoms with Crippen molar-refractivity contribution in [1.29, 1.82) is 0 Å². The van der Waals surface area contributed by atoms with Gasteiger partial charge in [0.25, 0.3) is 0 Å². The van der Waals surface area contributed by atoms with Crippen LogP contribution in [-0.4, -0.2) is 12.6 Å². The van der Waals surface area contributed by atoms with Crippen molar-refractivity contribution >= 4 is 6.03 Å². The first-order valence-corrected chi connectivity index (χ1v) is 4.52. The molecule has 0 aliphatic carbocycles. The molecule has 0 radical (unpaired) electrons. The van der Waals surface area contributed by atoms with Crippen molar-refractivity contribution in [2.24, 2.45) is 5.84 Å². The Bertz CT molecular complexity index is 312. The Balaban J connectivity index is 2.35. The van der Waals surface area contributed by atoms with Crippen molar-refractivity contribution in [2.75, 3.05) is 6.54 Å². The number of carbonyl (C=O) groups excluding carboxylic acids is 1. The first-order valence-electron chi connectivity index (χ1n) is 4.52. The molecule has 4 heteroatoms. The van der Waals surface area contributed by atoms with Gasteiger partial charge in [-0.25, -0.2) is 10.6 Å². The van der Waals surface area contributed by atoms with E-state index in [2.05, 4.69) is 11.4 Å². The number of benzene rings is 1. The van der Waals surface area contributed by atoms with Crippen LogP contribution in [0.2, 0.25) is 0 Å². The SMILES string of the molecule is Cc1cccc(CCNC(=O)NN)c1. The molecule has 0 aliphatic rings. The number of nitrogens with one attached hydrogen (secondary N) is 2. The number of nitrogens with two attached hydrogens (primary N) is 1. The Morgan fingerprint density at radius 1 is 1.50 bits per heavy atom. The number of rotatable bonds is 3. The van der Waals surface area contributed by atoms with Crippen LogP contribution in [0.25, 0.3) is 0 Å². The first-order chi connectivity index (χ1) is 6.72. The molecule has 1 aromatic rings. The highest BCUT2D eigenvalue weighted by Crippen LogP contribution is 2.03. The van der Waals surface area contributed by atoms with E-state index in [1.165, 1.54) is 11.1 Å². The first kappa shape index (κ1) is 10.5. The van der Waals surface area contributed by atoms with Crippen LogP contribution >= 0.6 is 0 Å². The van der Waals surface area contributed by atoms with Gasteiger partial charge in [-0.15, -0.1) is 0 Å². The normalized spacial score (nSPS) is 9.57. The van der Waals surface area contributed by atoms with Crippen LogP contribution < -0.4 is 16.6 Å². The molecular formula is C10H15N3O. The summed E-state index contributed by atoms with van der Waals surface area (Å²) in [5, 5.41) is 2.63. The fourth-order valence-corrected chi connectivity index (χ4v) is 1.24. The van der Waals surface area contributed by atoms with Crippen molar-refractivity contribution in [3.05, 3.63) is 35.4 Å². The monoisotopic (exact) mass is 193 g/mol. The maximum Gasteiger partial charge on any atom is 0.328 e. The fourth-order valence-electron chi connectivity index (χ4n) is 1.24. The third-order valence-corrected chi connectivity index (χ3v) is 1.91. The van der Waals surface area contributed by atoms with E-state index < -0.39 is 0 Å². The minimum atomic E-state index is -0.349. The van der Waals surface area contributed by atoms with Crippen molar-refractivity contribution in [3.63, 3.8) is 0 Å². The molecule has 14 heavy (non-hydrogen) atoms. The fraction of sp³-hybridized carbons (Fsp3) is 0.300. The van der Waals surface area contributed by atoms with Gasteiger partial charge in [-0.05, 0) is 18.9 Å². The van der Waals surface area contributed by atoms with Crippen LogP contribution in [0.1, 0.15) is 11.1 Å². The summed E-state index contributed by atoms with van der Waals surface area (Å²) in [4.78, 5) is 10.7. The summed E-state index contributed by atoms with van der Waals surface area (Å²) in [6.07, 6.45) is 0.815. The summed E-state index contributed by atoms with van der Waals surface area (Å²) in [5.41, 5.74) is 4.45. The van der Waals surface area contributed by atoms with Gasteiger partial charge in [-0.3, -0.25) is 5.43 Å². The van der Waals surface area contributed by atoms with Gasteiger partial charge in [0.1, 0.15) is 0 Å². The standard InChI is InChI=1S/C10H15N3O/c1-8-3-2-4-9(7-8)5-6-12-10(14)13-11/h2-4,7H,5-6,11H2,1H3,(H2,12,13,14). The number of carbonyl (C=O) groups is 1. The van der Waals surface area contributed by atoms with E-state index in [9.17, 15) is 4.79 Å². The summed E-state index contributed by atoms with van der Waals surface area (Å²) in [6.45, 7) is 2.63. The van der Waals surface area contributed by atoms with Crippen LogP contribution in [0.3, 0.4) is 0 Å². The maximum absolute atomic E-state index is 10.7. The number of urea groups is 1. The van der Waals surface area contributed by atoms with Crippen molar-refractivity contribution in [3.8, 4) is 0 Å². The average Bonchev–Trinajstić information content (AvgIpc) is 2.17. The van der Waals surface area contributed by atoms with Crippen molar-refractivity contribution < 1.29 is 4.79 Å². The van der Waals surface area contributed by atoms with Crippen LogP contribution in [-0.2, 0) is 6.42 Å². The van der Waals surface area contributed by atoms with Gasteiger partial charge in [0.15, 0.2) is 0 Å². The lowest BCUT2D eigenvalue weighted by atomic mass is 10.1. The Hall–Kier alpha value is -1.55. The number of aryl methyl sites for hydroxylation is 1. The van der Waals surface area contributed by atoms with Crippen molar-refractivity contribution in [1.82, 2.24) is 10.7 Å². The highest BCUT2D eigenvalue weighted by molar-refractivity contribution is 5.72. The molecule has 2 amide bonds. The Kier molecular flexibility index (Phi) is 3.94. The second-order valence-corrected chi connectivity index (χ2v) is 3.14. The van der Waals surface area contributed by atoms with E-state index in [1.807, 2.05) is 30.5 Å². The molecule has 0 heterocycles. The minimum Gasteiger partial charge on any atom is -0.337 e. The van der Waals surface area contributed by atoms with E-state index in [0.717, 1.165) is 6.42 Å². The van der Waals surface area contributed by atoms with E-state index in [-0.39, 0.29) is 6.03 Å². The summed E-state index contributed by atoms with van der Waals surface area (Å²) in [5.74, 6) is 4.91. The van der Waals surface area contributed by atoms with Gasteiger partial charge in [-0.2, -0.15) is 0 Å². The molecule has 1 rings (SSSR count). The van der Waals surface area contributed by atoms with E-state index in [1.54, 1.807) is 0 Å². The van der Waals surface area contributed by atoms with Crippen molar-refractivity contribution in [2.45, 2.75) is 13.3 Å². The molecule has 0 fully saturated rings. The lowest BCUT2D eigenvalue weighted by molar-refractivity contribution is 0.241. The highest BCUT2D eigenvalue weighted by Gasteiger charge is 1.96. The molecule has 0 saturated heterocycles. The zero-order valence-electron chi connectivity index (χ0n) is 8.21. The van der Waals surface area contributed by atoms with E-state index in [0.29, 0.717) is 6.54 Å². The molecule has 0 aliphatic heterocycles. The molecule has 4 N–H and O–H groups in total. The summed E-state index contributed by atoms with van der Waals surface area (Å²) in [7, 11) is 0. The number of hydrazine groups is 1. The van der Waals surface area contributed by atoms with Gasteiger partial charge in [0.2, 0.25) is 0 Å². The third kappa shape index (κ3) is 3.45. The van der Waals surface area contributed by atoms with Gasteiger partial charge in [-0.1, -0.05) is 29.8 Å². The Labute approximate surface area is 83.5 Å². The van der Waals surface area contributed by atoms with Gasteiger partial charge < -0.3 is 5.32 Å². The number of hydrogen-bond donors (Lipinski definition) is 3. The molecule has 0 saturated carbocycles. The highest BCUT2D eigenvalue weighted by atomic mass is 16.2. The van der Waals surface area contributed by atoms with Crippen LogP contribution in [0, 0.1) is 6.92 Å². The topological polar surface area (TPSA) is 67.2 Å². The minimum absolute atomic E-state index is 0.349. The summed E-state index contributed by atoms with van der Waals surface area (Å²) < 4.78 is 0. The Morgan fingerprint density at radius 3 is 2.93 bits per heavy atom.